The molecule has 0 saturated heterocycles. The van der Waals surface area contributed by atoms with Gasteiger partial charge in [-0.25, -0.2) is 4.98 Å². The third-order valence-corrected chi connectivity index (χ3v) is 4.01. The lowest BCUT2D eigenvalue weighted by Gasteiger charge is -2.26. The van der Waals surface area contributed by atoms with Crippen molar-refractivity contribution >= 4 is 22.4 Å². The second-order valence-electron chi connectivity index (χ2n) is 5.04. The maximum atomic E-state index is 5.99. The van der Waals surface area contributed by atoms with Crippen molar-refractivity contribution in [2.45, 2.75) is 37.6 Å². The molecule has 1 aliphatic carbocycles. The highest BCUT2D eigenvalue weighted by Crippen LogP contribution is 2.35. The summed E-state index contributed by atoms with van der Waals surface area (Å²) in [7, 11) is 0. The minimum Gasteiger partial charge on any atom is -0.328 e. The van der Waals surface area contributed by atoms with Gasteiger partial charge in [0.05, 0.1) is 5.69 Å². The van der Waals surface area contributed by atoms with E-state index in [1.54, 1.807) is 0 Å². The smallest absolute Gasteiger partial charge is 0.129 e. The van der Waals surface area contributed by atoms with Crippen LogP contribution in [0, 0.1) is 0 Å². The van der Waals surface area contributed by atoms with Crippen molar-refractivity contribution < 1.29 is 0 Å². The first-order valence-electron chi connectivity index (χ1n) is 6.40. The van der Waals surface area contributed by atoms with Crippen LogP contribution in [0.3, 0.4) is 0 Å². The minimum atomic E-state index is 0.362. The average molecular weight is 262 g/mol. The monoisotopic (exact) mass is 261 g/mol. The highest BCUT2D eigenvalue weighted by atomic mass is 35.5. The Balaban J connectivity index is 2.03. The molecule has 2 aromatic heterocycles. The van der Waals surface area contributed by atoms with Gasteiger partial charge < -0.3 is 5.73 Å². The van der Waals surface area contributed by atoms with Crippen LogP contribution in [0.1, 0.15) is 37.3 Å². The molecule has 18 heavy (non-hydrogen) atoms. The first kappa shape index (κ1) is 11.9. The average Bonchev–Trinajstić information content (AvgIpc) is 2.39. The SMILES string of the molecule is NC1CCC(c2nccc3cnc(Cl)cc23)CC1. The van der Waals surface area contributed by atoms with E-state index in [9.17, 15) is 0 Å². The van der Waals surface area contributed by atoms with Crippen LogP contribution in [0.25, 0.3) is 10.8 Å². The molecule has 0 unspecified atom stereocenters. The van der Waals surface area contributed by atoms with Gasteiger partial charge in [0.1, 0.15) is 5.15 Å². The van der Waals surface area contributed by atoms with Gasteiger partial charge in [-0.05, 0) is 37.8 Å². The number of pyridine rings is 2. The Morgan fingerprint density at radius 2 is 1.94 bits per heavy atom. The summed E-state index contributed by atoms with van der Waals surface area (Å²) in [6, 6.07) is 4.27. The van der Waals surface area contributed by atoms with Gasteiger partial charge in [0.15, 0.2) is 0 Å². The predicted molar refractivity (Wildman–Crippen MR) is 73.7 cm³/mol. The third kappa shape index (κ3) is 2.20. The lowest BCUT2D eigenvalue weighted by atomic mass is 9.83. The van der Waals surface area contributed by atoms with Crippen molar-refractivity contribution in [1.82, 2.24) is 9.97 Å². The Morgan fingerprint density at radius 3 is 2.72 bits per heavy atom. The molecule has 0 amide bonds. The van der Waals surface area contributed by atoms with Gasteiger partial charge in [-0.2, -0.15) is 0 Å². The second kappa shape index (κ2) is 4.82. The van der Waals surface area contributed by atoms with Gasteiger partial charge in [0, 0.05) is 35.1 Å². The van der Waals surface area contributed by atoms with E-state index in [1.807, 2.05) is 24.5 Å². The van der Waals surface area contributed by atoms with Gasteiger partial charge in [-0.15, -0.1) is 0 Å². The molecule has 4 heteroatoms. The summed E-state index contributed by atoms with van der Waals surface area (Å²) in [6.45, 7) is 0. The Labute approximate surface area is 111 Å². The van der Waals surface area contributed by atoms with Gasteiger partial charge >= 0.3 is 0 Å². The fourth-order valence-corrected chi connectivity index (χ4v) is 2.94. The van der Waals surface area contributed by atoms with Gasteiger partial charge in [0.25, 0.3) is 0 Å². The number of fused-ring (bicyclic) bond motifs is 1. The molecule has 2 aromatic rings. The molecule has 2 heterocycles. The lowest BCUT2D eigenvalue weighted by Crippen LogP contribution is -2.26. The van der Waals surface area contributed by atoms with E-state index in [1.165, 1.54) is 0 Å². The summed E-state index contributed by atoms with van der Waals surface area (Å²) in [4.78, 5) is 8.69. The summed E-state index contributed by atoms with van der Waals surface area (Å²) in [6.07, 6.45) is 8.09. The van der Waals surface area contributed by atoms with Gasteiger partial charge in [-0.3, -0.25) is 4.98 Å². The van der Waals surface area contributed by atoms with Crippen molar-refractivity contribution in [3.05, 3.63) is 35.4 Å². The van der Waals surface area contributed by atoms with Crippen LogP contribution in [0.15, 0.2) is 24.5 Å². The fourth-order valence-electron chi connectivity index (χ4n) is 2.78. The molecule has 2 N–H and O–H groups in total. The van der Waals surface area contributed by atoms with E-state index in [0.29, 0.717) is 17.1 Å². The first-order valence-corrected chi connectivity index (χ1v) is 6.77. The molecular formula is C14H16ClN3. The molecule has 3 rings (SSSR count). The minimum absolute atomic E-state index is 0.362. The number of nitrogens with two attached hydrogens (primary N) is 1. The summed E-state index contributed by atoms with van der Waals surface area (Å²) in [5, 5.41) is 2.78. The van der Waals surface area contributed by atoms with Crippen LogP contribution in [-0.4, -0.2) is 16.0 Å². The maximum Gasteiger partial charge on any atom is 0.129 e. The quantitative estimate of drug-likeness (QED) is 0.802. The normalized spacial score (nSPS) is 24.3. The van der Waals surface area contributed by atoms with Crippen LogP contribution in [0.2, 0.25) is 5.15 Å². The molecule has 94 valence electrons. The van der Waals surface area contributed by atoms with Crippen molar-refractivity contribution in [3.8, 4) is 0 Å². The Kier molecular flexibility index (Phi) is 3.18. The van der Waals surface area contributed by atoms with E-state index in [-0.39, 0.29) is 0 Å². The molecule has 0 aliphatic heterocycles. The van der Waals surface area contributed by atoms with Crippen LogP contribution in [0.5, 0.6) is 0 Å². The molecule has 0 spiro atoms. The molecule has 0 bridgehead atoms. The summed E-state index contributed by atoms with van der Waals surface area (Å²) >= 11 is 5.99. The van der Waals surface area contributed by atoms with Crippen LogP contribution < -0.4 is 5.73 Å². The number of hydrogen-bond acceptors (Lipinski definition) is 3. The number of rotatable bonds is 1. The highest BCUT2D eigenvalue weighted by molar-refractivity contribution is 6.30. The standard InChI is InChI=1S/C14H16ClN3/c15-13-7-12-10(8-18-13)5-6-17-14(12)9-1-3-11(16)4-2-9/h5-9,11H,1-4,16H2. The Morgan fingerprint density at radius 1 is 1.17 bits per heavy atom. The summed E-state index contributed by atoms with van der Waals surface area (Å²) in [5.41, 5.74) is 7.12. The number of hydrogen-bond donors (Lipinski definition) is 1. The van der Waals surface area contributed by atoms with Crippen LogP contribution in [-0.2, 0) is 0 Å². The summed E-state index contributed by atoms with van der Waals surface area (Å²) in [5.74, 6) is 0.506. The largest absolute Gasteiger partial charge is 0.328 e. The molecular weight excluding hydrogens is 246 g/mol. The van der Waals surface area contributed by atoms with Crippen LogP contribution >= 0.6 is 11.6 Å². The highest BCUT2D eigenvalue weighted by Gasteiger charge is 2.22. The van der Waals surface area contributed by atoms with Crippen molar-refractivity contribution in [2.24, 2.45) is 5.73 Å². The molecule has 0 radical (unpaired) electrons. The van der Waals surface area contributed by atoms with E-state index >= 15 is 0 Å². The third-order valence-electron chi connectivity index (χ3n) is 3.80. The Hall–Kier alpha value is -1.19. The zero-order valence-electron chi connectivity index (χ0n) is 10.1. The van der Waals surface area contributed by atoms with Gasteiger partial charge in [0.2, 0.25) is 0 Å². The van der Waals surface area contributed by atoms with Crippen molar-refractivity contribution in [3.63, 3.8) is 0 Å². The predicted octanol–water partition coefficient (Wildman–Crippen LogP) is 3.27. The van der Waals surface area contributed by atoms with Gasteiger partial charge in [-0.1, -0.05) is 11.6 Å². The van der Waals surface area contributed by atoms with Crippen molar-refractivity contribution in [2.75, 3.05) is 0 Å². The van der Waals surface area contributed by atoms with E-state index < -0.39 is 0 Å². The van der Waals surface area contributed by atoms with E-state index in [2.05, 4.69) is 9.97 Å². The second-order valence-corrected chi connectivity index (χ2v) is 5.42. The molecule has 3 nitrogen and oxygen atoms in total. The molecule has 0 aromatic carbocycles. The topological polar surface area (TPSA) is 51.8 Å². The molecule has 1 fully saturated rings. The van der Waals surface area contributed by atoms with Crippen LogP contribution in [0.4, 0.5) is 0 Å². The number of aromatic nitrogens is 2. The zero-order chi connectivity index (χ0) is 12.5. The number of halogens is 1. The zero-order valence-corrected chi connectivity index (χ0v) is 10.9. The maximum absolute atomic E-state index is 5.99. The number of nitrogens with zero attached hydrogens (tertiary/aromatic N) is 2. The van der Waals surface area contributed by atoms with Crippen molar-refractivity contribution in [1.29, 1.82) is 0 Å². The first-order chi connectivity index (χ1) is 8.74. The molecule has 0 atom stereocenters. The molecule has 1 aliphatic rings. The van der Waals surface area contributed by atoms with E-state index in [4.69, 9.17) is 17.3 Å². The lowest BCUT2D eigenvalue weighted by molar-refractivity contribution is 0.392. The molecule has 1 saturated carbocycles. The van der Waals surface area contributed by atoms with E-state index in [0.717, 1.165) is 42.1 Å². The Bertz CT molecular complexity index is 562. The fraction of sp³-hybridized carbons (Fsp3) is 0.429. The summed E-state index contributed by atoms with van der Waals surface area (Å²) < 4.78 is 0.